The van der Waals surface area contributed by atoms with Gasteiger partial charge in [0.2, 0.25) is 0 Å². The van der Waals surface area contributed by atoms with Gasteiger partial charge in [-0.05, 0) is 30.5 Å². The minimum atomic E-state index is -3.94. The molecule has 0 spiro atoms. The van der Waals surface area contributed by atoms with Crippen LogP contribution in [-0.4, -0.2) is 19.1 Å². The Kier molecular flexibility index (Phi) is 2.67. The Morgan fingerprint density at radius 3 is 2.33 bits per heavy atom. The molecule has 15 heavy (non-hydrogen) atoms. The van der Waals surface area contributed by atoms with Crippen molar-refractivity contribution in [1.82, 2.24) is 0 Å². The molecule has 0 aromatic heterocycles. The average molecular weight is 228 g/mol. The minimum Gasteiger partial charge on any atom is -0.490 e. The first-order valence-corrected chi connectivity index (χ1v) is 6.34. The van der Waals surface area contributed by atoms with Gasteiger partial charge >= 0.3 is 0 Å². The molecule has 1 aromatic rings. The van der Waals surface area contributed by atoms with Gasteiger partial charge in [0.1, 0.15) is 11.5 Å². The first-order chi connectivity index (χ1) is 7.03. The monoisotopic (exact) mass is 228 g/mol. The fourth-order valence-corrected chi connectivity index (χ4v) is 1.87. The average Bonchev–Trinajstić information content (AvgIpc) is 2.90. The summed E-state index contributed by atoms with van der Waals surface area (Å²) in [6.07, 6.45) is 2.51. The Hall–Kier alpha value is -1.07. The van der Waals surface area contributed by atoms with E-state index in [-0.39, 0.29) is 5.75 Å². The molecule has 0 radical (unpaired) electrons. The molecule has 82 valence electrons. The Morgan fingerprint density at radius 2 is 1.87 bits per heavy atom. The first-order valence-electron chi connectivity index (χ1n) is 4.74. The van der Waals surface area contributed by atoms with Crippen LogP contribution in [-0.2, 0) is 15.9 Å². The molecule has 1 fully saturated rings. The molecule has 0 unspecified atom stereocenters. The smallest absolute Gasteiger partial charge is 0.269 e. The van der Waals surface area contributed by atoms with Crippen LogP contribution in [0, 0.1) is 0 Å². The van der Waals surface area contributed by atoms with Crippen LogP contribution in [0.25, 0.3) is 0 Å². The van der Waals surface area contributed by atoms with Crippen molar-refractivity contribution in [3.8, 4) is 5.75 Å². The second kappa shape index (κ2) is 3.83. The normalized spacial score (nSPS) is 16.3. The van der Waals surface area contributed by atoms with Crippen LogP contribution in [0.1, 0.15) is 18.4 Å². The largest absolute Gasteiger partial charge is 0.490 e. The van der Waals surface area contributed by atoms with E-state index in [0.29, 0.717) is 11.7 Å². The van der Waals surface area contributed by atoms with Crippen molar-refractivity contribution in [2.24, 2.45) is 0 Å². The summed E-state index contributed by atoms with van der Waals surface area (Å²) in [5.41, 5.74) is 0.556. The molecule has 1 aliphatic carbocycles. The van der Waals surface area contributed by atoms with E-state index in [1.54, 1.807) is 24.3 Å². The van der Waals surface area contributed by atoms with E-state index in [1.807, 2.05) is 0 Å². The minimum absolute atomic E-state index is 0.331. The molecule has 1 aliphatic rings. The summed E-state index contributed by atoms with van der Waals surface area (Å²) in [5, 5.41) is 0. The summed E-state index contributed by atoms with van der Waals surface area (Å²) >= 11 is 0. The highest BCUT2D eigenvalue weighted by Gasteiger charge is 2.23. The zero-order valence-corrected chi connectivity index (χ0v) is 8.90. The van der Waals surface area contributed by atoms with Gasteiger partial charge in [0, 0.05) is 0 Å². The lowest BCUT2D eigenvalue weighted by Crippen LogP contribution is -2.01. The van der Waals surface area contributed by atoms with Crippen LogP contribution in [0.5, 0.6) is 5.75 Å². The number of benzene rings is 1. The SMILES string of the molecule is O=S(=O)(O)Cc1ccc(OC2CC2)cc1. The molecule has 4 nitrogen and oxygen atoms in total. The van der Waals surface area contributed by atoms with Crippen LogP contribution < -0.4 is 4.74 Å². The van der Waals surface area contributed by atoms with Crippen molar-refractivity contribution >= 4 is 10.1 Å². The first kappa shape index (κ1) is 10.4. The third kappa shape index (κ3) is 3.53. The molecule has 0 heterocycles. The van der Waals surface area contributed by atoms with Crippen molar-refractivity contribution in [1.29, 1.82) is 0 Å². The van der Waals surface area contributed by atoms with Crippen molar-refractivity contribution < 1.29 is 17.7 Å². The summed E-state index contributed by atoms with van der Waals surface area (Å²) < 4.78 is 35.3. The van der Waals surface area contributed by atoms with E-state index in [9.17, 15) is 8.42 Å². The molecule has 1 aromatic carbocycles. The zero-order valence-electron chi connectivity index (χ0n) is 8.09. The molecule has 1 N–H and O–H groups in total. The van der Waals surface area contributed by atoms with Crippen LogP contribution in [0.3, 0.4) is 0 Å². The van der Waals surface area contributed by atoms with E-state index >= 15 is 0 Å². The lowest BCUT2D eigenvalue weighted by molar-refractivity contribution is 0.303. The van der Waals surface area contributed by atoms with Crippen molar-refractivity contribution in [3.63, 3.8) is 0 Å². The van der Waals surface area contributed by atoms with Gasteiger partial charge in [0.05, 0.1) is 6.10 Å². The standard InChI is InChI=1S/C10H12O4S/c11-15(12,13)7-8-1-3-9(4-2-8)14-10-5-6-10/h1-4,10H,5-7H2,(H,11,12,13). The maximum absolute atomic E-state index is 10.6. The number of ether oxygens (including phenoxy) is 1. The molecular weight excluding hydrogens is 216 g/mol. The number of hydrogen-bond donors (Lipinski definition) is 1. The maximum Gasteiger partial charge on any atom is 0.269 e. The molecule has 1 saturated carbocycles. The van der Waals surface area contributed by atoms with E-state index in [2.05, 4.69) is 0 Å². The Labute approximate surface area is 88.6 Å². The fraction of sp³-hybridized carbons (Fsp3) is 0.400. The molecular formula is C10H12O4S. The van der Waals surface area contributed by atoms with E-state index in [1.165, 1.54) is 0 Å². The van der Waals surface area contributed by atoms with Crippen molar-refractivity contribution in [2.75, 3.05) is 0 Å². The van der Waals surface area contributed by atoms with Crippen LogP contribution in [0.4, 0.5) is 0 Å². The van der Waals surface area contributed by atoms with Gasteiger partial charge in [-0.15, -0.1) is 0 Å². The predicted octanol–water partition coefficient (Wildman–Crippen LogP) is 1.62. The van der Waals surface area contributed by atoms with Crippen molar-refractivity contribution in [3.05, 3.63) is 29.8 Å². The molecule has 0 amide bonds. The molecule has 5 heteroatoms. The highest BCUT2D eigenvalue weighted by Crippen LogP contribution is 2.26. The van der Waals surface area contributed by atoms with Gasteiger partial charge in [0.25, 0.3) is 10.1 Å². The highest BCUT2D eigenvalue weighted by atomic mass is 32.2. The summed E-state index contributed by atoms with van der Waals surface area (Å²) in [6, 6.07) is 6.73. The van der Waals surface area contributed by atoms with Crippen LogP contribution in [0.15, 0.2) is 24.3 Å². The van der Waals surface area contributed by atoms with Gasteiger partial charge < -0.3 is 4.74 Å². The van der Waals surface area contributed by atoms with E-state index in [0.717, 1.165) is 18.6 Å². The third-order valence-electron chi connectivity index (χ3n) is 2.10. The van der Waals surface area contributed by atoms with E-state index < -0.39 is 10.1 Å². The molecule has 2 rings (SSSR count). The Balaban J connectivity index is 2.02. The van der Waals surface area contributed by atoms with Crippen LogP contribution >= 0.6 is 0 Å². The summed E-state index contributed by atoms with van der Waals surface area (Å²) in [5.74, 6) is 0.396. The second-order valence-electron chi connectivity index (χ2n) is 3.69. The van der Waals surface area contributed by atoms with Crippen molar-refractivity contribution in [2.45, 2.75) is 24.7 Å². The molecule has 0 bridgehead atoms. The van der Waals surface area contributed by atoms with Gasteiger partial charge in [0.15, 0.2) is 0 Å². The third-order valence-corrected chi connectivity index (χ3v) is 2.80. The topological polar surface area (TPSA) is 63.6 Å². The lowest BCUT2D eigenvalue weighted by Gasteiger charge is -2.04. The van der Waals surface area contributed by atoms with Gasteiger partial charge in [-0.1, -0.05) is 12.1 Å². The lowest BCUT2D eigenvalue weighted by atomic mass is 10.2. The molecule has 0 atom stereocenters. The quantitative estimate of drug-likeness (QED) is 0.795. The number of rotatable bonds is 4. The zero-order chi connectivity index (χ0) is 10.9. The molecule has 0 saturated heterocycles. The van der Waals surface area contributed by atoms with Gasteiger partial charge in [-0.25, -0.2) is 0 Å². The summed E-state index contributed by atoms with van der Waals surface area (Å²) in [6.45, 7) is 0. The number of hydrogen-bond acceptors (Lipinski definition) is 3. The predicted molar refractivity (Wildman–Crippen MR) is 55.3 cm³/mol. The molecule has 0 aliphatic heterocycles. The Bertz CT molecular complexity index is 431. The summed E-state index contributed by atoms with van der Waals surface area (Å²) in [7, 11) is -3.94. The highest BCUT2D eigenvalue weighted by molar-refractivity contribution is 7.85. The van der Waals surface area contributed by atoms with E-state index in [4.69, 9.17) is 9.29 Å². The fourth-order valence-electron chi connectivity index (χ4n) is 1.25. The summed E-state index contributed by atoms with van der Waals surface area (Å²) in [4.78, 5) is 0. The second-order valence-corrected chi connectivity index (χ2v) is 5.14. The van der Waals surface area contributed by atoms with Crippen LogP contribution in [0.2, 0.25) is 0 Å². The van der Waals surface area contributed by atoms with Gasteiger partial charge in [-0.2, -0.15) is 8.42 Å². The maximum atomic E-state index is 10.6. The Morgan fingerprint density at radius 1 is 1.27 bits per heavy atom. The van der Waals surface area contributed by atoms with Gasteiger partial charge in [-0.3, -0.25) is 4.55 Å².